The molecule has 0 bridgehead atoms. The summed E-state index contributed by atoms with van der Waals surface area (Å²) in [5.74, 6) is -1.62. The Morgan fingerprint density at radius 2 is 1.92 bits per heavy atom. The van der Waals surface area contributed by atoms with E-state index in [1.807, 2.05) is 13.8 Å². The van der Waals surface area contributed by atoms with Crippen molar-refractivity contribution in [1.29, 1.82) is 0 Å². The average Bonchev–Trinajstić information content (AvgIpc) is 3.04. The van der Waals surface area contributed by atoms with Gasteiger partial charge in [0.25, 0.3) is 0 Å². The highest BCUT2D eigenvalue weighted by atomic mass is 16.5. The van der Waals surface area contributed by atoms with Gasteiger partial charge in [-0.05, 0) is 38.5 Å². The predicted molar refractivity (Wildman–Crippen MR) is 92.0 cm³/mol. The second kappa shape index (κ2) is 9.17. The molecule has 2 amide bonds. The Morgan fingerprint density at radius 1 is 1.16 bits per heavy atom. The molecule has 2 fully saturated rings. The summed E-state index contributed by atoms with van der Waals surface area (Å²) in [7, 11) is 0. The Labute approximate surface area is 149 Å². The van der Waals surface area contributed by atoms with Gasteiger partial charge in [-0.1, -0.05) is 19.8 Å². The number of nitrogens with one attached hydrogen (secondary N) is 1. The minimum atomic E-state index is -1.02. The van der Waals surface area contributed by atoms with E-state index in [-0.39, 0.29) is 30.3 Å². The number of hydrogen-bond donors (Lipinski definition) is 2. The van der Waals surface area contributed by atoms with Crippen molar-refractivity contribution < 1.29 is 24.2 Å². The van der Waals surface area contributed by atoms with Crippen LogP contribution in [-0.4, -0.2) is 59.1 Å². The van der Waals surface area contributed by atoms with Gasteiger partial charge in [0.1, 0.15) is 12.1 Å². The first-order chi connectivity index (χ1) is 11.9. The SMILES string of the molecule is CC1CCCCCO[C@H](C)CC(=O)N2CCCC2C(=O)NC1C(=O)O. The van der Waals surface area contributed by atoms with E-state index < -0.39 is 18.1 Å². The number of ether oxygens (including phenoxy) is 1. The topological polar surface area (TPSA) is 95.9 Å². The van der Waals surface area contributed by atoms with Gasteiger partial charge >= 0.3 is 5.97 Å². The predicted octanol–water partition coefficient (Wildman–Crippen LogP) is 1.55. The van der Waals surface area contributed by atoms with Crippen LogP contribution in [0.25, 0.3) is 0 Å². The Morgan fingerprint density at radius 3 is 2.64 bits per heavy atom. The summed E-state index contributed by atoms with van der Waals surface area (Å²) in [5.41, 5.74) is 0. The number of carboxylic acid groups (broad SMARTS) is 1. The zero-order valence-electron chi connectivity index (χ0n) is 15.2. The summed E-state index contributed by atoms with van der Waals surface area (Å²) in [6, 6.07) is -1.48. The largest absolute Gasteiger partial charge is 0.480 e. The molecule has 2 saturated heterocycles. The molecular formula is C18H30N2O5. The maximum absolute atomic E-state index is 12.6. The van der Waals surface area contributed by atoms with Crippen molar-refractivity contribution in [1.82, 2.24) is 10.2 Å². The van der Waals surface area contributed by atoms with Crippen LogP contribution in [0.15, 0.2) is 0 Å². The van der Waals surface area contributed by atoms with Crippen molar-refractivity contribution in [3.8, 4) is 0 Å². The number of rotatable bonds is 1. The lowest BCUT2D eigenvalue weighted by Crippen LogP contribution is -2.53. The highest BCUT2D eigenvalue weighted by molar-refractivity contribution is 5.91. The second-order valence-electron chi connectivity index (χ2n) is 7.28. The summed E-state index contributed by atoms with van der Waals surface area (Å²) in [6.45, 7) is 4.87. The highest BCUT2D eigenvalue weighted by Gasteiger charge is 2.37. The smallest absolute Gasteiger partial charge is 0.326 e. The third-order valence-corrected chi connectivity index (χ3v) is 5.18. The Balaban J connectivity index is 2.14. The van der Waals surface area contributed by atoms with Gasteiger partial charge in [-0.15, -0.1) is 0 Å². The van der Waals surface area contributed by atoms with E-state index in [1.165, 1.54) is 0 Å². The molecule has 2 aliphatic heterocycles. The van der Waals surface area contributed by atoms with Crippen LogP contribution in [0.1, 0.15) is 58.8 Å². The van der Waals surface area contributed by atoms with Crippen LogP contribution in [0.3, 0.4) is 0 Å². The van der Waals surface area contributed by atoms with Gasteiger partial charge in [0.05, 0.1) is 12.5 Å². The van der Waals surface area contributed by atoms with E-state index in [9.17, 15) is 19.5 Å². The van der Waals surface area contributed by atoms with Gasteiger partial charge < -0.3 is 20.1 Å². The molecule has 0 aliphatic carbocycles. The maximum Gasteiger partial charge on any atom is 0.326 e. The number of carbonyl (C=O) groups excluding carboxylic acids is 2. The van der Waals surface area contributed by atoms with E-state index in [0.717, 1.165) is 32.1 Å². The molecule has 7 heteroatoms. The molecule has 2 N–H and O–H groups in total. The maximum atomic E-state index is 12.6. The monoisotopic (exact) mass is 354 g/mol. The summed E-state index contributed by atoms with van der Waals surface area (Å²) in [6.07, 6.45) is 4.88. The van der Waals surface area contributed by atoms with Crippen LogP contribution in [0.4, 0.5) is 0 Å². The number of nitrogens with zero attached hydrogens (tertiary/aromatic N) is 1. The molecule has 0 aromatic carbocycles. The van der Waals surface area contributed by atoms with E-state index in [1.54, 1.807) is 4.90 Å². The third kappa shape index (κ3) is 5.42. The average molecular weight is 354 g/mol. The molecule has 2 rings (SSSR count). The fourth-order valence-corrected chi connectivity index (χ4v) is 3.65. The minimum absolute atomic E-state index is 0.0973. The van der Waals surface area contributed by atoms with Crippen molar-refractivity contribution >= 4 is 17.8 Å². The van der Waals surface area contributed by atoms with Crippen LogP contribution >= 0.6 is 0 Å². The lowest BCUT2D eigenvalue weighted by atomic mass is 9.95. The summed E-state index contributed by atoms with van der Waals surface area (Å²) >= 11 is 0. The first kappa shape index (κ1) is 19.7. The molecule has 0 spiro atoms. The van der Waals surface area contributed by atoms with Gasteiger partial charge in [-0.25, -0.2) is 4.79 Å². The normalized spacial score (nSPS) is 33.1. The zero-order chi connectivity index (χ0) is 18.4. The molecule has 0 radical (unpaired) electrons. The molecule has 7 nitrogen and oxygen atoms in total. The zero-order valence-corrected chi connectivity index (χ0v) is 15.2. The lowest BCUT2D eigenvalue weighted by Gasteiger charge is -2.28. The molecule has 0 saturated carbocycles. The molecule has 0 aromatic rings. The molecule has 25 heavy (non-hydrogen) atoms. The number of aliphatic carboxylic acids is 1. The van der Waals surface area contributed by atoms with Crippen molar-refractivity contribution in [2.45, 2.75) is 77.0 Å². The molecule has 2 heterocycles. The molecule has 142 valence electrons. The Bertz CT molecular complexity index is 496. The van der Waals surface area contributed by atoms with E-state index in [0.29, 0.717) is 19.6 Å². The minimum Gasteiger partial charge on any atom is -0.480 e. The lowest BCUT2D eigenvalue weighted by molar-refractivity contribution is -0.145. The fraction of sp³-hybridized carbons (Fsp3) is 0.833. The summed E-state index contributed by atoms with van der Waals surface area (Å²) < 4.78 is 5.71. The standard InChI is InChI=1S/C18H30N2O5/c1-12-7-4-3-5-10-25-13(2)11-15(21)20-9-6-8-14(20)17(22)19-16(12)18(23)24/h12-14,16H,3-11H2,1-2H3,(H,19,22)(H,23,24)/t12?,13-,14?,16?/m1/s1. The van der Waals surface area contributed by atoms with E-state index in [4.69, 9.17) is 4.74 Å². The van der Waals surface area contributed by atoms with Crippen molar-refractivity contribution in [3.63, 3.8) is 0 Å². The van der Waals surface area contributed by atoms with Gasteiger partial charge in [-0.3, -0.25) is 9.59 Å². The number of hydrogen-bond acceptors (Lipinski definition) is 4. The molecule has 2 aliphatic rings. The molecule has 0 aromatic heterocycles. The van der Waals surface area contributed by atoms with Gasteiger partial charge in [0.15, 0.2) is 0 Å². The highest BCUT2D eigenvalue weighted by Crippen LogP contribution is 2.21. The fourth-order valence-electron chi connectivity index (χ4n) is 3.65. The summed E-state index contributed by atoms with van der Waals surface area (Å²) in [5, 5.41) is 12.2. The quantitative estimate of drug-likeness (QED) is 0.745. The number of fused-ring (bicyclic) bond motifs is 1. The Kier molecular flexibility index (Phi) is 7.23. The van der Waals surface area contributed by atoms with Crippen molar-refractivity contribution in [2.24, 2.45) is 5.92 Å². The van der Waals surface area contributed by atoms with Gasteiger partial charge in [0.2, 0.25) is 11.8 Å². The van der Waals surface area contributed by atoms with Crippen LogP contribution in [-0.2, 0) is 19.1 Å². The summed E-state index contributed by atoms with van der Waals surface area (Å²) in [4.78, 5) is 38.3. The number of carbonyl (C=O) groups is 3. The van der Waals surface area contributed by atoms with E-state index >= 15 is 0 Å². The van der Waals surface area contributed by atoms with Gasteiger partial charge in [-0.2, -0.15) is 0 Å². The first-order valence-corrected chi connectivity index (χ1v) is 9.34. The van der Waals surface area contributed by atoms with Crippen molar-refractivity contribution in [3.05, 3.63) is 0 Å². The number of amides is 2. The van der Waals surface area contributed by atoms with E-state index in [2.05, 4.69) is 5.32 Å². The van der Waals surface area contributed by atoms with Crippen LogP contribution in [0, 0.1) is 5.92 Å². The van der Waals surface area contributed by atoms with Crippen molar-refractivity contribution in [2.75, 3.05) is 13.2 Å². The molecule has 4 atom stereocenters. The number of carboxylic acids is 1. The van der Waals surface area contributed by atoms with Gasteiger partial charge in [0, 0.05) is 13.2 Å². The second-order valence-corrected chi connectivity index (χ2v) is 7.28. The molecular weight excluding hydrogens is 324 g/mol. The van der Waals surface area contributed by atoms with Crippen LogP contribution in [0.5, 0.6) is 0 Å². The Hall–Kier alpha value is -1.63. The van der Waals surface area contributed by atoms with Crippen LogP contribution < -0.4 is 5.32 Å². The first-order valence-electron chi connectivity index (χ1n) is 9.34. The third-order valence-electron chi connectivity index (χ3n) is 5.18. The molecule has 3 unspecified atom stereocenters. The van der Waals surface area contributed by atoms with Crippen LogP contribution in [0.2, 0.25) is 0 Å².